The number of hydrogen-bond acceptors (Lipinski definition) is 3. The Morgan fingerprint density at radius 2 is 2.00 bits per heavy atom. The van der Waals surface area contributed by atoms with Gasteiger partial charge < -0.3 is 15.4 Å². The van der Waals surface area contributed by atoms with E-state index in [9.17, 15) is 4.79 Å². The Hall–Kier alpha value is -0.390. The Kier molecular flexibility index (Phi) is 8.08. The van der Waals surface area contributed by atoms with Gasteiger partial charge >= 0.3 is 0 Å². The number of carbonyl (C=O) groups is 1. The lowest BCUT2D eigenvalue weighted by Gasteiger charge is -2.28. The van der Waals surface area contributed by atoms with Gasteiger partial charge in [-0.15, -0.1) is 12.4 Å². The van der Waals surface area contributed by atoms with Gasteiger partial charge in [0.1, 0.15) is 5.75 Å². The smallest absolute Gasteiger partial charge is 0.258 e. The molecule has 4 nitrogen and oxygen atoms in total. The van der Waals surface area contributed by atoms with E-state index >= 15 is 0 Å². The molecule has 2 N–H and O–H groups in total. The van der Waals surface area contributed by atoms with E-state index in [1.165, 1.54) is 12.1 Å². The Labute approximate surface area is 151 Å². The molecular formula is C14H18Cl4N2O2. The molecule has 1 heterocycles. The third-order valence-electron chi connectivity index (χ3n) is 3.32. The van der Waals surface area contributed by atoms with E-state index in [0.717, 1.165) is 19.4 Å². The molecule has 0 bridgehead atoms. The number of piperidine rings is 1. The minimum atomic E-state index is -0.170. The van der Waals surface area contributed by atoms with Gasteiger partial charge in [0.25, 0.3) is 5.91 Å². The van der Waals surface area contributed by atoms with Crippen molar-refractivity contribution < 1.29 is 9.53 Å². The molecule has 0 aromatic heterocycles. The fraction of sp³-hybridized carbons (Fsp3) is 0.500. The highest BCUT2D eigenvalue weighted by atomic mass is 35.5. The first kappa shape index (κ1) is 19.7. The largest absolute Gasteiger partial charge is 0.482 e. The van der Waals surface area contributed by atoms with Crippen molar-refractivity contribution in [3.8, 4) is 5.75 Å². The van der Waals surface area contributed by atoms with Gasteiger partial charge in [-0.25, -0.2) is 0 Å². The van der Waals surface area contributed by atoms with Gasteiger partial charge in [0.05, 0.1) is 15.1 Å². The fourth-order valence-corrected chi connectivity index (χ4v) is 2.88. The molecule has 124 valence electrons. The van der Waals surface area contributed by atoms with Crippen LogP contribution in [0.1, 0.15) is 19.8 Å². The van der Waals surface area contributed by atoms with Crippen molar-refractivity contribution in [3.63, 3.8) is 0 Å². The van der Waals surface area contributed by atoms with E-state index in [-0.39, 0.29) is 31.0 Å². The Morgan fingerprint density at radius 3 is 2.68 bits per heavy atom. The topological polar surface area (TPSA) is 50.4 Å². The molecule has 2 atom stereocenters. The van der Waals surface area contributed by atoms with E-state index in [4.69, 9.17) is 39.5 Å². The number of halogens is 4. The van der Waals surface area contributed by atoms with Crippen LogP contribution in [0.25, 0.3) is 0 Å². The summed E-state index contributed by atoms with van der Waals surface area (Å²) in [4.78, 5) is 11.9. The predicted octanol–water partition coefficient (Wildman–Crippen LogP) is 3.70. The third-order valence-corrected chi connectivity index (χ3v) is 4.34. The van der Waals surface area contributed by atoms with Gasteiger partial charge in [-0.3, -0.25) is 4.79 Å². The molecule has 2 rings (SSSR count). The molecule has 1 fully saturated rings. The molecular weight excluding hydrogens is 370 g/mol. The first-order valence-corrected chi connectivity index (χ1v) is 7.89. The lowest BCUT2D eigenvalue weighted by molar-refractivity contribution is -0.124. The minimum absolute atomic E-state index is 0. The summed E-state index contributed by atoms with van der Waals surface area (Å²) in [7, 11) is 0. The van der Waals surface area contributed by atoms with Gasteiger partial charge in [0.2, 0.25) is 0 Å². The Morgan fingerprint density at radius 1 is 1.32 bits per heavy atom. The van der Waals surface area contributed by atoms with Crippen molar-refractivity contribution in [3.05, 3.63) is 27.2 Å². The number of ether oxygens (including phenoxy) is 1. The summed E-state index contributed by atoms with van der Waals surface area (Å²) in [6, 6.07) is 3.59. The van der Waals surface area contributed by atoms with Crippen LogP contribution in [0.2, 0.25) is 15.1 Å². The summed E-state index contributed by atoms with van der Waals surface area (Å²) in [5, 5.41) is 7.31. The molecule has 22 heavy (non-hydrogen) atoms. The van der Waals surface area contributed by atoms with E-state index in [1.54, 1.807) is 0 Å². The minimum Gasteiger partial charge on any atom is -0.482 e. The highest BCUT2D eigenvalue weighted by Gasteiger charge is 2.20. The van der Waals surface area contributed by atoms with E-state index in [0.29, 0.717) is 26.9 Å². The van der Waals surface area contributed by atoms with Crippen LogP contribution in [-0.2, 0) is 4.79 Å². The summed E-state index contributed by atoms with van der Waals surface area (Å²) in [5.41, 5.74) is 0. The van der Waals surface area contributed by atoms with Gasteiger partial charge in [0.15, 0.2) is 6.61 Å². The molecule has 1 aromatic carbocycles. The highest BCUT2D eigenvalue weighted by Crippen LogP contribution is 2.33. The second-order valence-electron chi connectivity index (χ2n) is 5.13. The van der Waals surface area contributed by atoms with Crippen LogP contribution in [0.3, 0.4) is 0 Å². The average molecular weight is 388 g/mol. The molecule has 0 aliphatic carbocycles. The summed E-state index contributed by atoms with van der Waals surface area (Å²) in [6.07, 6.45) is 1.84. The van der Waals surface area contributed by atoms with Crippen LogP contribution >= 0.6 is 47.2 Å². The normalized spacial score (nSPS) is 20.9. The van der Waals surface area contributed by atoms with Crippen LogP contribution in [0, 0.1) is 0 Å². The molecule has 1 aliphatic rings. The van der Waals surface area contributed by atoms with Crippen molar-refractivity contribution in [1.82, 2.24) is 10.6 Å². The SMILES string of the molecule is CC1CC(NC(=O)COc2cc(Cl)c(Cl)cc2Cl)CCN1.Cl. The van der Waals surface area contributed by atoms with Gasteiger partial charge in [-0.05, 0) is 32.4 Å². The monoisotopic (exact) mass is 386 g/mol. The maximum atomic E-state index is 11.9. The highest BCUT2D eigenvalue weighted by molar-refractivity contribution is 6.43. The Balaban J connectivity index is 0.00000242. The number of rotatable bonds is 4. The van der Waals surface area contributed by atoms with Crippen molar-refractivity contribution in [2.45, 2.75) is 31.8 Å². The molecule has 0 saturated carbocycles. The zero-order valence-electron chi connectivity index (χ0n) is 12.0. The predicted molar refractivity (Wildman–Crippen MR) is 92.8 cm³/mol. The molecule has 2 unspecified atom stereocenters. The summed E-state index contributed by atoms with van der Waals surface area (Å²) >= 11 is 17.7. The second-order valence-corrected chi connectivity index (χ2v) is 6.35. The van der Waals surface area contributed by atoms with Crippen molar-refractivity contribution >= 4 is 53.1 Å². The van der Waals surface area contributed by atoms with Gasteiger partial charge in [-0.2, -0.15) is 0 Å². The van der Waals surface area contributed by atoms with E-state index in [2.05, 4.69) is 17.6 Å². The van der Waals surface area contributed by atoms with Crippen LogP contribution < -0.4 is 15.4 Å². The first-order chi connectivity index (χ1) is 9.95. The Bertz CT molecular complexity index is 528. The number of benzene rings is 1. The summed E-state index contributed by atoms with van der Waals surface area (Å²) in [6.45, 7) is 2.91. The molecule has 0 spiro atoms. The number of amides is 1. The van der Waals surface area contributed by atoms with E-state index < -0.39 is 0 Å². The lowest BCUT2D eigenvalue weighted by atomic mass is 10.0. The quantitative estimate of drug-likeness (QED) is 0.774. The van der Waals surface area contributed by atoms with Crippen LogP contribution in [0.5, 0.6) is 5.75 Å². The zero-order chi connectivity index (χ0) is 15.4. The van der Waals surface area contributed by atoms with Crippen LogP contribution in [-0.4, -0.2) is 31.1 Å². The first-order valence-electron chi connectivity index (χ1n) is 6.76. The molecule has 8 heteroatoms. The molecule has 1 aromatic rings. The van der Waals surface area contributed by atoms with Gasteiger partial charge in [0, 0.05) is 18.2 Å². The summed E-state index contributed by atoms with van der Waals surface area (Å²) < 4.78 is 5.40. The maximum absolute atomic E-state index is 11.9. The lowest BCUT2D eigenvalue weighted by Crippen LogP contribution is -2.47. The molecule has 0 radical (unpaired) electrons. The standard InChI is InChI=1S/C14H17Cl3N2O2.ClH/c1-8-4-9(2-3-18-8)19-14(20)7-21-13-6-11(16)10(15)5-12(13)17;/h5-6,8-9,18H,2-4,7H2,1H3,(H,19,20);1H. The second kappa shape index (κ2) is 9.04. The molecule has 1 amide bonds. The molecule has 1 saturated heterocycles. The third kappa shape index (κ3) is 5.67. The number of hydrogen-bond donors (Lipinski definition) is 2. The van der Waals surface area contributed by atoms with Crippen LogP contribution in [0.4, 0.5) is 0 Å². The van der Waals surface area contributed by atoms with Crippen molar-refractivity contribution in [2.75, 3.05) is 13.2 Å². The maximum Gasteiger partial charge on any atom is 0.258 e. The number of carbonyl (C=O) groups excluding carboxylic acids is 1. The van der Waals surface area contributed by atoms with Crippen molar-refractivity contribution in [2.24, 2.45) is 0 Å². The fourth-order valence-electron chi connectivity index (χ4n) is 2.29. The van der Waals surface area contributed by atoms with Gasteiger partial charge in [-0.1, -0.05) is 34.8 Å². The average Bonchev–Trinajstić information content (AvgIpc) is 2.41. The zero-order valence-corrected chi connectivity index (χ0v) is 15.1. The number of nitrogens with one attached hydrogen (secondary N) is 2. The summed E-state index contributed by atoms with van der Waals surface area (Å²) in [5.74, 6) is 0.177. The molecule has 1 aliphatic heterocycles. The van der Waals surface area contributed by atoms with E-state index in [1.807, 2.05) is 0 Å². The van der Waals surface area contributed by atoms with Crippen molar-refractivity contribution in [1.29, 1.82) is 0 Å². The van der Waals surface area contributed by atoms with Crippen LogP contribution in [0.15, 0.2) is 12.1 Å².